The molecule has 2 aromatic rings. The number of hydrogen-bond acceptors (Lipinski definition) is 4. The van der Waals surface area contributed by atoms with E-state index in [1.165, 1.54) is 11.3 Å². The van der Waals surface area contributed by atoms with Crippen LogP contribution in [-0.4, -0.2) is 34.1 Å². The van der Waals surface area contributed by atoms with Crippen LogP contribution in [0.15, 0.2) is 47.6 Å². The molecule has 0 fully saturated rings. The molecule has 0 aliphatic carbocycles. The SMILES string of the molecule is C/C(=N/OCCc1ccccc1)c1ccc(CC[C@@](C)(N)CO)n1C. The summed E-state index contributed by atoms with van der Waals surface area (Å²) < 4.78 is 2.10. The zero-order valence-corrected chi connectivity index (χ0v) is 15.4. The van der Waals surface area contributed by atoms with Gasteiger partial charge in [-0.05, 0) is 44.4 Å². The molecule has 136 valence electrons. The minimum atomic E-state index is -0.548. The lowest BCUT2D eigenvalue weighted by Crippen LogP contribution is -2.40. The van der Waals surface area contributed by atoms with Crippen LogP contribution in [0.25, 0.3) is 0 Å². The molecule has 5 nitrogen and oxygen atoms in total. The molecule has 0 amide bonds. The molecule has 0 spiro atoms. The van der Waals surface area contributed by atoms with Crippen LogP contribution in [0.2, 0.25) is 0 Å². The third kappa shape index (κ3) is 5.73. The Balaban J connectivity index is 1.89. The number of aliphatic hydroxyl groups excluding tert-OH is 1. The normalized spacial score (nSPS) is 14.4. The average molecular weight is 343 g/mol. The highest BCUT2D eigenvalue weighted by atomic mass is 16.6. The molecule has 0 aliphatic heterocycles. The number of aryl methyl sites for hydroxylation is 1. The Kier molecular flexibility index (Phi) is 6.79. The van der Waals surface area contributed by atoms with E-state index in [-0.39, 0.29) is 6.61 Å². The summed E-state index contributed by atoms with van der Waals surface area (Å²) in [4.78, 5) is 5.47. The summed E-state index contributed by atoms with van der Waals surface area (Å²) >= 11 is 0. The molecule has 0 saturated carbocycles. The van der Waals surface area contributed by atoms with Crippen LogP contribution in [0.5, 0.6) is 0 Å². The van der Waals surface area contributed by atoms with Gasteiger partial charge in [-0.2, -0.15) is 0 Å². The van der Waals surface area contributed by atoms with E-state index in [9.17, 15) is 5.11 Å². The Morgan fingerprint density at radius 2 is 1.92 bits per heavy atom. The van der Waals surface area contributed by atoms with E-state index >= 15 is 0 Å². The number of rotatable bonds is 9. The van der Waals surface area contributed by atoms with Crippen molar-refractivity contribution in [2.75, 3.05) is 13.2 Å². The lowest BCUT2D eigenvalue weighted by Gasteiger charge is -2.21. The standard InChI is InChI=1S/C20H29N3O2/c1-16(22-25-14-12-17-7-5-4-6-8-17)19-10-9-18(23(19)3)11-13-20(2,21)15-24/h4-10,24H,11-15,21H2,1-3H3/b22-16-/t20-/m1/s1. The van der Waals surface area contributed by atoms with Gasteiger partial charge in [0.05, 0.1) is 12.3 Å². The number of hydrogen-bond donors (Lipinski definition) is 2. The molecule has 1 aromatic carbocycles. The van der Waals surface area contributed by atoms with Crippen LogP contribution >= 0.6 is 0 Å². The van der Waals surface area contributed by atoms with Crippen molar-refractivity contribution in [1.82, 2.24) is 4.57 Å². The summed E-state index contributed by atoms with van der Waals surface area (Å²) in [5.74, 6) is 0. The number of benzene rings is 1. The van der Waals surface area contributed by atoms with E-state index in [2.05, 4.69) is 27.9 Å². The first-order valence-corrected chi connectivity index (χ1v) is 8.68. The van der Waals surface area contributed by atoms with Gasteiger partial charge in [0.1, 0.15) is 12.3 Å². The van der Waals surface area contributed by atoms with Gasteiger partial charge >= 0.3 is 0 Å². The second-order valence-corrected chi connectivity index (χ2v) is 6.83. The predicted molar refractivity (Wildman–Crippen MR) is 102 cm³/mol. The second-order valence-electron chi connectivity index (χ2n) is 6.83. The summed E-state index contributed by atoms with van der Waals surface area (Å²) in [5.41, 5.74) is 9.74. The summed E-state index contributed by atoms with van der Waals surface area (Å²) in [7, 11) is 2.01. The number of nitrogens with zero attached hydrogens (tertiary/aromatic N) is 2. The Morgan fingerprint density at radius 1 is 1.20 bits per heavy atom. The molecule has 1 heterocycles. The van der Waals surface area contributed by atoms with Crippen LogP contribution in [0.4, 0.5) is 0 Å². The first kappa shape index (κ1) is 19.2. The van der Waals surface area contributed by atoms with Crippen LogP contribution in [0.3, 0.4) is 0 Å². The van der Waals surface area contributed by atoms with Gasteiger partial charge in [-0.3, -0.25) is 0 Å². The van der Waals surface area contributed by atoms with Gasteiger partial charge in [-0.1, -0.05) is 35.5 Å². The maximum Gasteiger partial charge on any atom is 0.121 e. The fourth-order valence-corrected chi connectivity index (χ4v) is 2.66. The maximum absolute atomic E-state index is 9.27. The van der Waals surface area contributed by atoms with Crippen molar-refractivity contribution in [1.29, 1.82) is 0 Å². The number of oxime groups is 1. The molecule has 3 N–H and O–H groups in total. The van der Waals surface area contributed by atoms with E-state index in [0.717, 1.165) is 30.7 Å². The summed E-state index contributed by atoms with van der Waals surface area (Å²) in [6, 6.07) is 14.3. The van der Waals surface area contributed by atoms with Crippen molar-refractivity contribution in [2.24, 2.45) is 17.9 Å². The highest BCUT2D eigenvalue weighted by Crippen LogP contribution is 2.15. The Labute approximate surface area is 150 Å². The molecule has 25 heavy (non-hydrogen) atoms. The Bertz CT molecular complexity index is 690. The smallest absolute Gasteiger partial charge is 0.121 e. The lowest BCUT2D eigenvalue weighted by molar-refractivity contribution is 0.147. The van der Waals surface area contributed by atoms with E-state index in [0.29, 0.717) is 6.61 Å². The number of nitrogens with two attached hydrogens (primary N) is 1. The first-order valence-electron chi connectivity index (χ1n) is 8.68. The van der Waals surface area contributed by atoms with Gasteiger partial charge in [0.2, 0.25) is 0 Å². The fourth-order valence-electron chi connectivity index (χ4n) is 2.66. The summed E-state index contributed by atoms with van der Waals surface area (Å²) in [6.45, 7) is 4.35. The van der Waals surface area contributed by atoms with Crippen LogP contribution in [0.1, 0.15) is 37.2 Å². The zero-order valence-electron chi connectivity index (χ0n) is 15.4. The molecule has 0 aliphatic rings. The maximum atomic E-state index is 9.27. The monoisotopic (exact) mass is 343 g/mol. The van der Waals surface area contributed by atoms with Crippen LogP contribution < -0.4 is 5.73 Å². The van der Waals surface area contributed by atoms with Crippen molar-refractivity contribution in [3.63, 3.8) is 0 Å². The van der Waals surface area contributed by atoms with Gasteiger partial charge in [0, 0.05) is 24.7 Å². The molecule has 0 saturated heterocycles. The van der Waals surface area contributed by atoms with E-state index in [1.807, 2.05) is 45.2 Å². The molecular formula is C20H29N3O2. The van der Waals surface area contributed by atoms with E-state index < -0.39 is 5.54 Å². The van der Waals surface area contributed by atoms with Crippen molar-refractivity contribution in [3.8, 4) is 0 Å². The van der Waals surface area contributed by atoms with Crippen LogP contribution in [0, 0.1) is 0 Å². The van der Waals surface area contributed by atoms with Crippen molar-refractivity contribution >= 4 is 5.71 Å². The molecule has 5 heteroatoms. The van der Waals surface area contributed by atoms with E-state index in [4.69, 9.17) is 10.6 Å². The molecule has 0 radical (unpaired) electrons. The Morgan fingerprint density at radius 3 is 2.60 bits per heavy atom. The molecule has 1 aromatic heterocycles. The molecule has 2 rings (SSSR count). The lowest BCUT2D eigenvalue weighted by atomic mass is 9.97. The van der Waals surface area contributed by atoms with Gasteiger partial charge in [0.15, 0.2) is 0 Å². The van der Waals surface area contributed by atoms with Gasteiger partial charge in [-0.15, -0.1) is 0 Å². The third-order valence-corrected chi connectivity index (χ3v) is 4.44. The molecule has 1 atom stereocenters. The third-order valence-electron chi connectivity index (χ3n) is 4.44. The van der Waals surface area contributed by atoms with Crippen molar-refractivity contribution < 1.29 is 9.94 Å². The van der Waals surface area contributed by atoms with Gasteiger partial charge < -0.3 is 20.2 Å². The topological polar surface area (TPSA) is 72.8 Å². The molecule has 0 unspecified atom stereocenters. The average Bonchev–Trinajstić information content (AvgIpc) is 2.98. The quantitative estimate of drug-likeness (QED) is 0.418. The molecule has 0 bridgehead atoms. The summed E-state index contributed by atoms with van der Waals surface area (Å²) in [5, 5.41) is 13.5. The second kappa shape index (κ2) is 8.83. The fraction of sp³-hybridized carbons (Fsp3) is 0.450. The van der Waals surface area contributed by atoms with E-state index in [1.54, 1.807) is 0 Å². The first-order chi connectivity index (χ1) is 11.9. The van der Waals surface area contributed by atoms with Crippen LogP contribution in [-0.2, 0) is 24.7 Å². The minimum absolute atomic E-state index is 0.0139. The number of aliphatic hydroxyl groups is 1. The number of aromatic nitrogens is 1. The van der Waals surface area contributed by atoms with Gasteiger partial charge in [-0.25, -0.2) is 0 Å². The van der Waals surface area contributed by atoms with Crippen molar-refractivity contribution in [2.45, 2.75) is 38.6 Å². The Hall–Kier alpha value is -2.11. The highest BCUT2D eigenvalue weighted by molar-refractivity contribution is 5.97. The largest absolute Gasteiger partial charge is 0.395 e. The molecular weight excluding hydrogens is 314 g/mol. The zero-order chi connectivity index (χ0) is 18.3. The predicted octanol–water partition coefficient (Wildman–Crippen LogP) is 2.65. The summed E-state index contributed by atoms with van der Waals surface area (Å²) in [6.07, 6.45) is 2.38. The minimum Gasteiger partial charge on any atom is -0.395 e. The van der Waals surface area contributed by atoms with Crippen molar-refractivity contribution in [3.05, 3.63) is 59.4 Å². The highest BCUT2D eigenvalue weighted by Gasteiger charge is 2.18. The van der Waals surface area contributed by atoms with Gasteiger partial charge in [0.25, 0.3) is 0 Å².